The Balaban J connectivity index is 1.28. The fourth-order valence-electron chi connectivity index (χ4n) is 4.86. The number of halogens is 1. The van der Waals surface area contributed by atoms with Crippen LogP contribution >= 0.6 is 11.6 Å². The van der Waals surface area contributed by atoms with Crippen molar-refractivity contribution < 1.29 is 14.4 Å². The monoisotopic (exact) mass is 510 g/mol. The maximum atomic E-state index is 12.7. The van der Waals surface area contributed by atoms with Crippen molar-refractivity contribution in [1.82, 2.24) is 10.2 Å². The van der Waals surface area contributed by atoms with Gasteiger partial charge in [-0.25, -0.2) is 0 Å². The lowest BCUT2D eigenvalue weighted by molar-refractivity contribution is -0.114. The second-order valence-corrected chi connectivity index (χ2v) is 10.1. The molecule has 1 saturated heterocycles. The Morgan fingerprint density at radius 3 is 2.17 bits per heavy atom. The van der Waals surface area contributed by atoms with Crippen LogP contribution in [0.5, 0.6) is 0 Å². The van der Waals surface area contributed by atoms with Crippen LogP contribution in [0.4, 0.5) is 11.4 Å². The summed E-state index contributed by atoms with van der Waals surface area (Å²) in [6.45, 7) is 1.63. The molecule has 0 radical (unpaired) electrons. The van der Waals surface area contributed by atoms with Gasteiger partial charge in [0.1, 0.15) is 0 Å². The molecular weight excluding hydrogens is 476 g/mol. The molecule has 1 saturated carbocycles. The number of carbonyl (C=O) groups is 3. The molecule has 1 heterocycles. The minimum absolute atomic E-state index is 0.0276. The van der Waals surface area contributed by atoms with E-state index >= 15 is 0 Å². The summed E-state index contributed by atoms with van der Waals surface area (Å²) < 4.78 is 0. The molecule has 0 unspecified atom stereocenters. The van der Waals surface area contributed by atoms with Crippen molar-refractivity contribution in [3.05, 3.63) is 58.6 Å². The third-order valence-corrected chi connectivity index (χ3v) is 7.24. The molecule has 0 spiro atoms. The van der Waals surface area contributed by atoms with Crippen LogP contribution in [0.25, 0.3) is 0 Å². The highest BCUT2D eigenvalue weighted by Gasteiger charge is 2.19. The lowest BCUT2D eigenvalue weighted by atomic mass is 9.95. The van der Waals surface area contributed by atoms with Crippen molar-refractivity contribution in [3.8, 4) is 0 Å². The maximum absolute atomic E-state index is 12.7. The minimum atomic E-state index is -0.232. The number of rotatable bonds is 7. The predicted octanol–water partition coefficient (Wildman–Crippen LogP) is 5.47. The molecule has 1 aliphatic carbocycles. The van der Waals surface area contributed by atoms with Gasteiger partial charge in [0.25, 0.3) is 11.8 Å². The van der Waals surface area contributed by atoms with Gasteiger partial charge < -0.3 is 20.9 Å². The van der Waals surface area contributed by atoms with Gasteiger partial charge in [-0.3, -0.25) is 14.4 Å². The number of nitrogens with one attached hydrogen (secondary N) is 3. The van der Waals surface area contributed by atoms with Crippen LogP contribution in [-0.4, -0.2) is 48.3 Å². The number of nitrogens with zero attached hydrogens (tertiary/aromatic N) is 1. The van der Waals surface area contributed by atoms with E-state index in [1.54, 1.807) is 42.5 Å². The third kappa shape index (κ3) is 7.23. The lowest BCUT2D eigenvalue weighted by Gasteiger charge is -2.23. The summed E-state index contributed by atoms with van der Waals surface area (Å²) in [6, 6.07) is 12.3. The first-order valence-corrected chi connectivity index (χ1v) is 13.4. The van der Waals surface area contributed by atoms with Crippen molar-refractivity contribution in [2.24, 2.45) is 0 Å². The molecule has 7 nitrogen and oxygen atoms in total. The van der Waals surface area contributed by atoms with E-state index in [9.17, 15) is 14.4 Å². The number of hydrogen-bond donors (Lipinski definition) is 3. The molecule has 3 N–H and O–H groups in total. The molecule has 2 aliphatic rings. The lowest BCUT2D eigenvalue weighted by Crippen LogP contribution is -2.36. The van der Waals surface area contributed by atoms with Crippen molar-refractivity contribution in [3.63, 3.8) is 0 Å². The van der Waals surface area contributed by atoms with Gasteiger partial charge in [0.15, 0.2) is 0 Å². The van der Waals surface area contributed by atoms with E-state index in [2.05, 4.69) is 16.0 Å². The normalized spacial score (nSPS) is 16.6. The van der Waals surface area contributed by atoms with Gasteiger partial charge in [0.2, 0.25) is 5.91 Å². The van der Waals surface area contributed by atoms with Gasteiger partial charge in [-0.15, -0.1) is 0 Å². The van der Waals surface area contributed by atoms with Crippen molar-refractivity contribution in [2.45, 2.75) is 63.8 Å². The molecule has 0 aromatic heterocycles. The number of likely N-dealkylation sites (tertiary alicyclic amines) is 1. The van der Waals surface area contributed by atoms with Crippen LogP contribution in [0, 0.1) is 0 Å². The molecule has 0 atom stereocenters. The maximum Gasteiger partial charge on any atom is 0.253 e. The Morgan fingerprint density at radius 1 is 0.833 bits per heavy atom. The number of anilines is 2. The van der Waals surface area contributed by atoms with E-state index in [0.29, 0.717) is 27.5 Å². The molecule has 1 aliphatic heterocycles. The highest BCUT2D eigenvalue weighted by atomic mass is 35.5. The zero-order valence-electron chi connectivity index (χ0n) is 20.7. The van der Waals surface area contributed by atoms with Crippen molar-refractivity contribution >= 4 is 40.7 Å². The Morgan fingerprint density at radius 2 is 1.47 bits per heavy atom. The molecule has 3 amide bonds. The molecule has 2 aromatic rings. The Bertz CT molecular complexity index is 1060. The van der Waals surface area contributed by atoms with Crippen molar-refractivity contribution in [1.29, 1.82) is 0 Å². The number of carbonyl (C=O) groups excluding carboxylic acids is 3. The quantitative estimate of drug-likeness (QED) is 0.460. The third-order valence-electron chi connectivity index (χ3n) is 6.91. The van der Waals surface area contributed by atoms with Crippen LogP contribution in [0.2, 0.25) is 5.02 Å². The molecule has 4 rings (SSSR count). The second-order valence-electron chi connectivity index (χ2n) is 9.69. The number of benzene rings is 2. The summed E-state index contributed by atoms with van der Waals surface area (Å²) in [7, 11) is 0. The first-order chi connectivity index (χ1) is 17.5. The van der Waals surface area contributed by atoms with Gasteiger partial charge in [-0.2, -0.15) is 0 Å². The number of hydrogen-bond acceptors (Lipinski definition) is 4. The molecule has 0 bridgehead atoms. The van der Waals surface area contributed by atoms with Gasteiger partial charge in [0.05, 0.1) is 17.1 Å². The Kier molecular flexibility index (Phi) is 9.23. The predicted molar refractivity (Wildman–Crippen MR) is 144 cm³/mol. The van der Waals surface area contributed by atoms with Crippen LogP contribution in [0.1, 0.15) is 78.5 Å². The van der Waals surface area contributed by atoms with E-state index < -0.39 is 0 Å². The van der Waals surface area contributed by atoms with E-state index in [0.717, 1.165) is 51.6 Å². The summed E-state index contributed by atoms with van der Waals surface area (Å²) in [5.41, 5.74) is 2.30. The summed E-state index contributed by atoms with van der Waals surface area (Å²) in [5.74, 6) is -0.373. The van der Waals surface area contributed by atoms with Gasteiger partial charge in [-0.05, 0) is 68.1 Å². The zero-order chi connectivity index (χ0) is 25.3. The van der Waals surface area contributed by atoms with Gasteiger partial charge >= 0.3 is 0 Å². The SMILES string of the molecule is O=C(CNc1ccc(Cl)c(C(=O)NC2CCCCC2)c1)Nc1ccc(C(=O)N2CCCCCC2)cc1. The molecule has 192 valence electrons. The van der Waals surface area contributed by atoms with Crippen LogP contribution < -0.4 is 16.0 Å². The van der Waals surface area contributed by atoms with Gasteiger partial charge in [0, 0.05) is 36.1 Å². The summed E-state index contributed by atoms with van der Waals surface area (Å²) >= 11 is 6.28. The average Bonchev–Trinajstić information content (AvgIpc) is 3.18. The largest absolute Gasteiger partial charge is 0.376 e. The number of amides is 3. The summed E-state index contributed by atoms with van der Waals surface area (Å²) in [4.78, 5) is 39.9. The van der Waals surface area contributed by atoms with E-state index in [4.69, 9.17) is 11.6 Å². The second kappa shape index (κ2) is 12.8. The molecule has 2 aromatic carbocycles. The highest BCUT2D eigenvalue weighted by Crippen LogP contribution is 2.23. The van der Waals surface area contributed by atoms with E-state index in [-0.39, 0.29) is 30.3 Å². The standard InChI is InChI=1S/C28H35ClN4O3/c29-25-15-14-23(18-24(25)27(35)32-21-8-4-3-5-9-21)30-19-26(34)31-22-12-10-20(11-13-22)28(36)33-16-6-1-2-7-17-33/h10-15,18,21,30H,1-9,16-17,19H2,(H,31,34)(H,32,35). The fourth-order valence-corrected chi connectivity index (χ4v) is 5.06. The molecule has 2 fully saturated rings. The Labute approximate surface area is 218 Å². The smallest absolute Gasteiger partial charge is 0.253 e. The van der Waals surface area contributed by atoms with Crippen molar-refractivity contribution in [2.75, 3.05) is 30.3 Å². The van der Waals surface area contributed by atoms with Crippen LogP contribution in [0.3, 0.4) is 0 Å². The molecular formula is C28H35ClN4O3. The van der Waals surface area contributed by atoms with Crippen LogP contribution in [0.15, 0.2) is 42.5 Å². The molecule has 8 heteroatoms. The fraction of sp³-hybridized carbons (Fsp3) is 0.464. The van der Waals surface area contributed by atoms with E-state index in [1.807, 2.05) is 4.90 Å². The Hall–Kier alpha value is -3.06. The zero-order valence-corrected chi connectivity index (χ0v) is 21.4. The van der Waals surface area contributed by atoms with Gasteiger partial charge in [-0.1, -0.05) is 43.7 Å². The first-order valence-electron chi connectivity index (χ1n) is 13.0. The molecule has 36 heavy (non-hydrogen) atoms. The van der Waals surface area contributed by atoms with Crippen LogP contribution in [-0.2, 0) is 4.79 Å². The summed E-state index contributed by atoms with van der Waals surface area (Å²) in [6.07, 6.45) is 9.92. The first kappa shape index (κ1) is 26.0. The average molecular weight is 511 g/mol. The summed E-state index contributed by atoms with van der Waals surface area (Å²) in [5, 5.41) is 9.36. The minimum Gasteiger partial charge on any atom is -0.376 e. The van der Waals surface area contributed by atoms with E-state index in [1.165, 1.54) is 19.3 Å². The topological polar surface area (TPSA) is 90.5 Å². The highest BCUT2D eigenvalue weighted by molar-refractivity contribution is 6.34.